The molecule has 2 aliphatic rings. The molecule has 1 amide bonds. The molecule has 120 valence electrons. The number of carbonyl (C=O) groups is 1. The maximum Gasteiger partial charge on any atom is 0.269 e. The Kier molecular flexibility index (Phi) is 3.69. The van der Waals surface area contributed by atoms with Crippen LogP contribution in [0.4, 0.5) is 18.9 Å². The zero-order chi connectivity index (χ0) is 16.1. The van der Waals surface area contributed by atoms with Gasteiger partial charge in [0, 0.05) is 18.2 Å². The van der Waals surface area contributed by atoms with Gasteiger partial charge in [-0.25, -0.2) is 13.2 Å². The zero-order valence-corrected chi connectivity index (χ0v) is 12.8. The van der Waals surface area contributed by atoms with Gasteiger partial charge >= 0.3 is 0 Å². The minimum absolute atomic E-state index is 0.0689. The summed E-state index contributed by atoms with van der Waals surface area (Å²) in [4.78, 5) is 13.7. The number of nitrogens with zero attached hydrogens (tertiary/aromatic N) is 1. The SMILES string of the molecule is CC1CCC(CN2C(=O)C(C)(F)c3cc(F)c(F)cc32)CC1. The Labute approximate surface area is 128 Å². The topological polar surface area (TPSA) is 20.3 Å². The molecule has 1 aromatic carbocycles. The second kappa shape index (κ2) is 5.28. The Morgan fingerprint density at radius 1 is 1.18 bits per heavy atom. The second-order valence-electron chi connectivity index (χ2n) is 6.83. The first-order valence-electron chi connectivity index (χ1n) is 7.81. The van der Waals surface area contributed by atoms with Crippen molar-refractivity contribution in [2.24, 2.45) is 11.8 Å². The van der Waals surface area contributed by atoms with Crippen LogP contribution in [0.5, 0.6) is 0 Å². The molecule has 3 rings (SSSR count). The first-order chi connectivity index (χ1) is 10.3. The maximum absolute atomic E-state index is 14.7. The number of benzene rings is 1. The first-order valence-corrected chi connectivity index (χ1v) is 7.81. The van der Waals surface area contributed by atoms with Gasteiger partial charge in [-0.05, 0) is 37.7 Å². The van der Waals surface area contributed by atoms with Gasteiger partial charge < -0.3 is 4.90 Å². The smallest absolute Gasteiger partial charge is 0.269 e. The summed E-state index contributed by atoms with van der Waals surface area (Å²) in [5.41, 5.74) is -2.18. The van der Waals surface area contributed by atoms with E-state index in [0.29, 0.717) is 12.5 Å². The second-order valence-corrected chi connectivity index (χ2v) is 6.83. The molecule has 0 saturated heterocycles. The van der Waals surface area contributed by atoms with Gasteiger partial charge in [0.15, 0.2) is 11.6 Å². The third-order valence-electron chi connectivity index (χ3n) is 5.06. The average molecular weight is 311 g/mol. The highest BCUT2D eigenvalue weighted by Gasteiger charge is 2.49. The van der Waals surface area contributed by atoms with Gasteiger partial charge in [-0.1, -0.05) is 19.8 Å². The highest BCUT2D eigenvalue weighted by molar-refractivity contribution is 6.06. The number of halogens is 3. The Hall–Kier alpha value is -1.52. The van der Waals surface area contributed by atoms with Gasteiger partial charge in [-0.2, -0.15) is 0 Å². The summed E-state index contributed by atoms with van der Waals surface area (Å²) in [6.45, 7) is 3.70. The van der Waals surface area contributed by atoms with Crippen molar-refractivity contribution in [3.63, 3.8) is 0 Å². The normalized spacial score (nSPS) is 31.5. The molecule has 22 heavy (non-hydrogen) atoms. The summed E-state index contributed by atoms with van der Waals surface area (Å²) in [7, 11) is 0. The van der Waals surface area contributed by atoms with E-state index in [1.54, 1.807) is 0 Å². The fraction of sp³-hybridized carbons (Fsp3) is 0.588. The average Bonchev–Trinajstić information content (AvgIpc) is 2.64. The molecule has 0 spiro atoms. The fourth-order valence-corrected chi connectivity index (χ4v) is 3.56. The van der Waals surface area contributed by atoms with Crippen LogP contribution >= 0.6 is 0 Å². The van der Waals surface area contributed by atoms with E-state index >= 15 is 0 Å². The highest BCUT2D eigenvalue weighted by atomic mass is 19.2. The predicted molar refractivity (Wildman–Crippen MR) is 78.3 cm³/mol. The van der Waals surface area contributed by atoms with Crippen molar-refractivity contribution in [2.45, 2.75) is 45.2 Å². The van der Waals surface area contributed by atoms with Gasteiger partial charge in [0.2, 0.25) is 5.67 Å². The molecule has 0 N–H and O–H groups in total. The number of amides is 1. The molecule has 1 heterocycles. The minimum Gasteiger partial charge on any atom is -0.309 e. The minimum atomic E-state index is -2.29. The van der Waals surface area contributed by atoms with Crippen LogP contribution < -0.4 is 4.90 Å². The van der Waals surface area contributed by atoms with E-state index in [-0.39, 0.29) is 17.2 Å². The molecule has 1 saturated carbocycles. The third-order valence-corrected chi connectivity index (χ3v) is 5.06. The van der Waals surface area contributed by atoms with E-state index in [1.807, 2.05) is 0 Å². The number of fused-ring (bicyclic) bond motifs is 1. The van der Waals surface area contributed by atoms with Crippen LogP contribution in [0.25, 0.3) is 0 Å². The van der Waals surface area contributed by atoms with Gasteiger partial charge in [0.1, 0.15) is 0 Å². The molecule has 1 aliphatic heterocycles. The summed E-state index contributed by atoms with van der Waals surface area (Å²) < 4.78 is 41.6. The van der Waals surface area contributed by atoms with Gasteiger partial charge in [-0.3, -0.25) is 4.79 Å². The molecule has 0 aromatic heterocycles. The first kappa shape index (κ1) is 15.4. The molecule has 0 bridgehead atoms. The number of alkyl halides is 1. The summed E-state index contributed by atoms with van der Waals surface area (Å²) in [6.07, 6.45) is 4.13. The molecule has 1 aromatic rings. The fourth-order valence-electron chi connectivity index (χ4n) is 3.56. The molecule has 5 heteroatoms. The van der Waals surface area contributed by atoms with Crippen molar-refractivity contribution in [3.05, 3.63) is 29.3 Å². The monoisotopic (exact) mass is 311 g/mol. The number of carbonyl (C=O) groups excluding carboxylic acids is 1. The van der Waals surface area contributed by atoms with Crippen LogP contribution in [0.2, 0.25) is 0 Å². The van der Waals surface area contributed by atoms with Crippen molar-refractivity contribution in [2.75, 3.05) is 11.4 Å². The Morgan fingerprint density at radius 2 is 1.77 bits per heavy atom. The Balaban J connectivity index is 1.90. The number of rotatable bonds is 2. The molecular formula is C17H20F3NO. The van der Waals surface area contributed by atoms with Crippen LogP contribution in [0, 0.1) is 23.5 Å². The van der Waals surface area contributed by atoms with Crippen LogP contribution in [0.3, 0.4) is 0 Å². The molecule has 1 fully saturated rings. The zero-order valence-electron chi connectivity index (χ0n) is 12.8. The van der Waals surface area contributed by atoms with Crippen LogP contribution in [-0.4, -0.2) is 12.5 Å². The van der Waals surface area contributed by atoms with Crippen molar-refractivity contribution >= 4 is 11.6 Å². The molecule has 0 radical (unpaired) electrons. The molecule has 1 unspecified atom stereocenters. The number of hydrogen-bond acceptors (Lipinski definition) is 1. The Morgan fingerprint density at radius 3 is 2.41 bits per heavy atom. The van der Waals surface area contributed by atoms with E-state index < -0.39 is 23.2 Å². The third kappa shape index (κ3) is 2.40. The Bertz CT molecular complexity index is 606. The summed E-state index contributed by atoms with van der Waals surface area (Å²) in [6, 6.07) is 1.75. The lowest BCUT2D eigenvalue weighted by Gasteiger charge is -2.30. The quantitative estimate of drug-likeness (QED) is 0.796. The van der Waals surface area contributed by atoms with Crippen LogP contribution in [-0.2, 0) is 10.5 Å². The predicted octanol–water partition coefficient (Wildman–Crippen LogP) is 4.32. The van der Waals surface area contributed by atoms with Crippen molar-refractivity contribution in [3.8, 4) is 0 Å². The van der Waals surface area contributed by atoms with Crippen molar-refractivity contribution in [1.29, 1.82) is 0 Å². The van der Waals surface area contributed by atoms with Crippen molar-refractivity contribution < 1.29 is 18.0 Å². The largest absolute Gasteiger partial charge is 0.309 e. The van der Waals surface area contributed by atoms with Gasteiger partial charge in [0.25, 0.3) is 5.91 Å². The number of anilines is 1. The van der Waals surface area contributed by atoms with Crippen molar-refractivity contribution in [1.82, 2.24) is 0 Å². The summed E-state index contributed by atoms with van der Waals surface area (Å²) in [5.74, 6) is -1.92. The highest BCUT2D eigenvalue weighted by Crippen LogP contribution is 2.44. The molecule has 1 aliphatic carbocycles. The lowest BCUT2D eigenvalue weighted by molar-refractivity contribution is -0.128. The van der Waals surface area contributed by atoms with Gasteiger partial charge in [0.05, 0.1) is 5.69 Å². The van der Waals surface area contributed by atoms with E-state index in [0.717, 1.165) is 44.7 Å². The molecule has 2 nitrogen and oxygen atoms in total. The van der Waals surface area contributed by atoms with Gasteiger partial charge in [-0.15, -0.1) is 0 Å². The van der Waals surface area contributed by atoms with Crippen LogP contribution in [0.15, 0.2) is 12.1 Å². The van der Waals surface area contributed by atoms with Crippen LogP contribution in [0.1, 0.15) is 45.1 Å². The lowest BCUT2D eigenvalue weighted by Crippen LogP contribution is -2.39. The lowest BCUT2D eigenvalue weighted by atomic mass is 9.83. The summed E-state index contributed by atoms with van der Waals surface area (Å²) >= 11 is 0. The molecular weight excluding hydrogens is 291 g/mol. The number of hydrogen-bond donors (Lipinski definition) is 0. The van der Waals surface area contributed by atoms with E-state index in [4.69, 9.17) is 0 Å². The van der Waals surface area contributed by atoms with E-state index in [1.165, 1.54) is 4.90 Å². The summed E-state index contributed by atoms with van der Waals surface area (Å²) in [5, 5.41) is 0. The van der Waals surface area contributed by atoms with E-state index in [9.17, 15) is 18.0 Å². The molecule has 1 atom stereocenters. The standard InChI is InChI=1S/C17H20F3NO/c1-10-3-5-11(6-4-10)9-21-15-8-14(19)13(18)7-12(15)17(2,20)16(21)22/h7-8,10-11H,3-6,9H2,1-2H3. The maximum atomic E-state index is 14.7. The van der Waals surface area contributed by atoms with E-state index in [2.05, 4.69) is 6.92 Å².